The van der Waals surface area contributed by atoms with Gasteiger partial charge in [0, 0.05) is 31.0 Å². The van der Waals surface area contributed by atoms with Crippen molar-refractivity contribution in [1.29, 1.82) is 0 Å². The van der Waals surface area contributed by atoms with E-state index in [-0.39, 0.29) is 0 Å². The molecule has 3 nitrogen and oxygen atoms in total. The summed E-state index contributed by atoms with van der Waals surface area (Å²) >= 11 is 0. The van der Waals surface area contributed by atoms with Crippen molar-refractivity contribution >= 4 is 5.71 Å². The highest BCUT2D eigenvalue weighted by Gasteiger charge is 1.98. The average Bonchev–Trinajstić information content (AvgIpc) is 2.17. The van der Waals surface area contributed by atoms with E-state index in [0.717, 1.165) is 37.6 Å². The van der Waals surface area contributed by atoms with Crippen molar-refractivity contribution in [2.75, 3.05) is 33.2 Å². The van der Waals surface area contributed by atoms with Crippen LogP contribution in [-0.2, 0) is 0 Å². The normalized spacial score (nSPS) is 12.0. The minimum atomic E-state index is 0.987. The predicted octanol–water partition coefficient (Wildman–Crippen LogP) is 1.91. The molecule has 3 heteroatoms. The van der Waals surface area contributed by atoms with Gasteiger partial charge >= 0.3 is 0 Å². The number of rotatable bonds is 7. The summed E-state index contributed by atoms with van der Waals surface area (Å²) in [6, 6.07) is 0. The second-order valence-electron chi connectivity index (χ2n) is 3.90. The van der Waals surface area contributed by atoms with E-state index in [0.29, 0.717) is 0 Å². The lowest BCUT2D eigenvalue weighted by atomic mass is 10.3. The minimum Gasteiger partial charge on any atom is -0.318 e. The van der Waals surface area contributed by atoms with Gasteiger partial charge in [0.2, 0.25) is 0 Å². The molecule has 0 aromatic rings. The van der Waals surface area contributed by atoms with Crippen LogP contribution >= 0.6 is 0 Å². The molecule has 0 aliphatic heterocycles. The molecule has 1 N–H and O–H groups in total. The Hall–Kier alpha value is -0.670. The van der Waals surface area contributed by atoms with Crippen molar-refractivity contribution < 1.29 is 0 Å². The second kappa shape index (κ2) is 8.62. The summed E-state index contributed by atoms with van der Waals surface area (Å²) in [5, 5.41) is 3.16. The summed E-state index contributed by atoms with van der Waals surface area (Å²) in [5.74, 6) is 0. The van der Waals surface area contributed by atoms with E-state index >= 15 is 0 Å². The lowest BCUT2D eigenvalue weighted by Gasteiger charge is -2.18. The fourth-order valence-electron chi connectivity index (χ4n) is 1.31. The Balaban J connectivity index is 4.02. The van der Waals surface area contributed by atoms with Crippen molar-refractivity contribution in [1.82, 2.24) is 10.2 Å². The van der Waals surface area contributed by atoms with Gasteiger partial charge in [-0.3, -0.25) is 9.89 Å². The minimum absolute atomic E-state index is 0.987. The van der Waals surface area contributed by atoms with E-state index < -0.39 is 0 Å². The lowest BCUT2D eigenvalue weighted by molar-refractivity contribution is 0.320. The molecule has 0 bridgehead atoms. The van der Waals surface area contributed by atoms with Crippen LogP contribution in [0.3, 0.4) is 0 Å². The molecule has 0 heterocycles. The molecule has 0 saturated heterocycles. The Labute approximate surface area is 94.3 Å². The summed E-state index contributed by atoms with van der Waals surface area (Å²) in [7, 11) is 1.99. The summed E-state index contributed by atoms with van der Waals surface area (Å²) in [6.45, 7) is 12.5. The third-order valence-corrected chi connectivity index (χ3v) is 2.17. The smallest absolute Gasteiger partial charge is 0.0344 e. The highest BCUT2D eigenvalue weighted by Crippen LogP contribution is 1.97. The van der Waals surface area contributed by atoms with Crippen LogP contribution in [-0.4, -0.2) is 43.8 Å². The zero-order chi connectivity index (χ0) is 11.7. The Kier molecular flexibility index (Phi) is 8.24. The lowest BCUT2D eigenvalue weighted by Crippen LogP contribution is -2.30. The average molecular weight is 211 g/mol. The fourth-order valence-corrected chi connectivity index (χ4v) is 1.31. The molecule has 0 amide bonds. The van der Waals surface area contributed by atoms with Gasteiger partial charge in [0.05, 0.1) is 0 Å². The third-order valence-electron chi connectivity index (χ3n) is 2.17. The second-order valence-corrected chi connectivity index (χ2v) is 3.90. The first kappa shape index (κ1) is 14.3. The van der Waals surface area contributed by atoms with Gasteiger partial charge in [0.1, 0.15) is 0 Å². The zero-order valence-corrected chi connectivity index (χ0v) is 10.8. The van der Waals surface area contributed by atoms with Crippen LogP contribution in [0.15, 0.2) is 16.8 Å². The molecule has 0 radical (unpaired) electrons. The molecule has 15 heavy (non-hydrogen) atoms. The first-order valence-corrected chi connectivity index (χ1v) is 5.65. The van der Waals surface area contributed by atoms with Gasteiger partial charge in [0.25, 0.3) is 0 Å². The van der Waals surface area contributed by atoms with Gasteiger partial charge in [-0.25, -0.2) is 0 Å². The standard InChI is InChI=1S/C12H25N3/c1-6-15(10-8-13-5)9-7-12(4)14-11(2)3/h7,13H,6,8-10H2,1-5H3/b12-7-. The van der Waals surface area contributed by atoms with Crippen molar-refractivity contribution in [3.63, 3.8) is 0 Å². The quantitative estimate of drug-likeness (QED) is 0.651. The van der Waals surface area contributed by atoms with Gasteiger partial charge in [-0.15, -0.1) is 0 Å². The number of likely N-dealkylation sites (N-methyl/N-ethyl adjacent to an activating group) is 2. The van der Waals surface area contributed by atoms with Crippen LogP contribution in [0.2, 0.25) is 0 Å². The molecule has 0 aliphatic carbocycles. The SMILES string of the molecule is CCN(C/C=C(/C)N=C(C)C)CCNC. The topological polar surface area (TPSA) is 27.6 Å². The van der Waals surface area contributed by atoms with Crippen LogP contribution in [0.5, 0.6) is 0 Å². The van der Waals surface area contributed by atoms with E-state index in [1.165, 1.54) is 0 Å². The maximum atomic E-state index is 4.40. The number of nitrogens with zero attached hydrogens (tertiary/aromatic N) is 2. The van der Waals surface area contributed by atoms with Crippen molar-refractivity contribution in [3.8, 4) is 0 Å². The molecular weight excluding hydrogens is 186 g/mol. The van der Waals surface area contributed by atoms with E-state index in [1.54, 1.807) is 0 Å². The first-order chi connectivity index (χ1) is 7.10. The summed E-state index contributed by atoms with van der Waals surface area (Å²) < 4.78 is 0. The molecule has 0 unspecified atom stereocenters. The van der Waals surface area contributed by atoms with E-state index in [9.17, 15) is 0 Å². The van der Waals surface area contributed by atoms with Crippen LogP contribution in [0, 0.1) is 0 Å². The molecule has 88 valence electrons. The van der Waals surface area contributed by atoms with Crippen molar-refractivity contribution in [2.45, 2.75) is 27.7 Å². The van der Waals surface area contributed by atoms with Crippen LogP contribution in [0.4, 0.5) is 0 Å². The van der Waals surface area contributed by atoms with E-state index in [1.807, 2.05) is 20.9 Å². The molecule has 0 spiro atoms. The Morgan fingerprint density at radius 1 is 1.33 bits per heavy atom. The van der Waals surface area contributed by atoms with Gasteiger partial charge in [0.15, 0.2) is 0 Å². The molecule has 0 saturated carbocycles. The number of nitrogens with one attached hydrogen (secondary N) is 1. The van der Waals surface area contributed by atoms with Gasteiger partial charge < -0.3 is 5.32 Å². The van der Waals surface area contributed by atoms with Gasteiger partial charge in [-0.1, -0.05) is 6.92 Å². The number of allylic oxidation sites excluding steroid dienone is 1. The summed E-state index contributed by atoms with van der Waals surface area (Å²) in [5.41, 5.74) is 2.22. The highest BCUT2D eigenvalue weighted by atomic mass is 15.1. The van der Waals surface area contributed by atoms with E-state index in [4.69, 9.17) is 0 Å². The molecule has 0 atom stereocenters. The number of aliphatic imine (C=N–C) groups is 1. The molecule has 0 aromatic heterocycles. The fraction of sp³-hybridized carbons (Fsp3) is 0.750. The largest absolute Gasteiger partial charge is 0.318 e. The number of hydrogen-bond acceptors (Lipinski definition) is 3. The summed E-state index contributed by atoms with van der Waals surface area (Å²) in [6.07, 6.45) is 2.19. The van der Waals surface area contributed by atoms with Crippen molar-refractivity contribution in [2.24, 2.45) is 4.99 Å². The zero-order valence-electron chi connectivity index (χ0n) is 10.8. The molecule has 0 rings (SSSR count). The van der Waals surface area contributed by atoms with Crippen molar-refractivity contribution in [3.05, 3.63) is 11.8 Å². The Morgan fingerprint density at radius 3 is 2.47 bits per heavy atom. The maximum Gasteiger partial charge on any atom is 0.0344 e. The van der Waals surface area contributed by atoms with Gasteiger partial charge in [-0.2, -0.15) is 0 Å². The van der Waals surface area contributed by atoms with Crippen LogP contribution in [0.1, 0.15) is 27.7 Å². The highest BCUT2D eigenvalue weighted by molar-refractivity contribution is 5.80. The van der Waals surface area contributed by atoms with Crippen LogP contribution in [0.25, 0.3) is 0 Å². The monoisotopic (exact) mass is 211 g/mol. The summed E-state index contributed by atoms with van der Waals surface area (Å²) in [4.78, 5) is 6.79. The number of hydrogen-bond donors (Lipinski definition) is 1. The van der Waals surface area contributed by atoms with Crippen LogP contribution < -0.4 is 5.32 Å². The Bertz CT molecular complexity index is 215. The van der Waals surface area contributed by atoms with Gasteiger partial charge in [-0.05, 0) is 40.4 Å². The first-order valence-electron chi connectivity index (χ1n) is 5.65. The van der Waals surface area contributed by atoms with E-state index in [2.05, 4.69) is 35.1 Å². The third kappa shape index (κ3) is 8.33. The maximum absolute atomic E-state index is 4.40. The predicted molar refractivity (Wildman–Crippen MR) is 68.6 cm³/mol. The molecule has 0 aromatic carbocycles. The molecular formula is C12H25N3. The Morgan fingerprint density at radius 2 is 2.00 bits per heavy atom. The molecule has 0 fully saturated rings. The molecule has 0 aliphatic rings.